The van der Waals surface area contributed by atoms with Crippen LogP contribution < -0.4 is 5.56 Å². The predicted octanol–water partition coefficient (Wildman–Crippen LogP) is 1.40. The molecule has 0 bridgehead atoms. The first-order valence-corrected chi connectivity index (χ1v) is 5.86. The van der Waals surface area contributed by atoms with Crippen LogP contribution in [0.5, 0.6) is 0 Å². The second-order valence-corrected chi connectivity index (χ2v) is 3.81. The summed E-state index contributed by atoms with van der Waals surface area (Å²) in [5, 5.41) is 0. The van der Waals surface area contributed by atoms with Gasteiger partial charge in [-0.1, -0.05) is 6.92 Å². The van der Waals surface area contributed by atoms with Crippen LogP contribution in [0.25, 0.3) is 5.82 Å². The maximum atomic E-state index is 12.1. The SMILES string of the molecule is CCCc1nccn1-c1nccn(CC)c1=O. The minimum atomic E-state index is -0.0784. The number of aromatic nitrogens is 4. The van der Waals surface area contributed by atoms with Crippen molar-refractivity contribution in [2.45, 2.75) is 33.2 Å². The highest BCUT2D eigenvalue weighted by Crippen LogP contribution is 2.05. The van der Waals surface area contributed by atoms with Gasteiger partial charge in [0.25, 0.3) is 5.56 Å². The zero-order chi connectivity index (χ0) is 12.3. The number of rotatable bonds is 4. The molecule has 0 amide bonds. The van der Waals surface area contributed by atoms with E-state index in [1.165, 1.54) is 0 Å². The lowest BCUT2D eigenvalue weighted by molar-refractivity contribution is 0.696. The monoisotopic (exact) mass is 232 g/mol. The molecule has 0 unspecified atom stereocenters. The highest BCUT2D eigenvalue weighted by Gasteiger charge is 2.10. The summed E-state index contributed by atoms with van der Waals surface area (Å²) in [5.41, 5.74) is -0.0784. The molecule has 0 saturated heterocycles. The fourth-order valence-electron chi connectivity index (χ4n) is 1.79. The zero-order valence-corrected chi connectivity index (χ0v) is 10.1. The maximum Gasteiger partial charge on any atom is 0.294 e. The molecule has 2 heterocycles. The van der Waals surface area contributed by atoms with Gasteiger partial charge < -0.3 is 4.57 Å². The third-order valence-electron chi connectivity index (χ3n) is 2.66. The van der Waals surface area contributed by atoms with E-state index in [2.05, 4.69) is 16.9 Å². The van der Waals surface area contributed by atoms with E-state index in [-0.39, 0.29) is 5.56 Å². The van der Waals surface area contributed by atoms with E-state index < -0.39 is 0 Å². The minimum Gasteiger partial charge on any atom is -0.311 e. The first kappa shape index (κ1) is 11.6. The lowest BCUT2D eigenvalue weighted by Gasteiger charge is -2.07. The molecule has 0 fully saturated rings. The van der Waals surface area contributed by atoms with E-state index in [9.17, 15) is 4.79 Å². The Hall–Kier alpha value is -1.91. The summed E-state index contributed by atoms with van der Waals surface area (Å²) in [6, 6.07) is 0. The largest absolute Gasteiger partial charge is 0.311 e. The van der Waals surface area contributed by atoms with E-state index in [4.69, 9.17) is 0 Å². The third kappa shape index (κ3) is 2.13. The molecule has 0 atom stereocenters. The van der Waals surface area contributed by atoms with Gasteiger partial charge in [0.15, 0.2) is 0 Å². The van der Waals surface area contributed by atoms with E-state index in [1.54, 1.807) is 33.9 Å². The minimum absolute atomic E-state index is 0.0784. The van der Waals surface area contributed by atoms with Crippen molar-refractivity contribution in [1.82, 2.24) is 19.1 Å². The Kier molecular flexibility index (Phi) is 3.37. The molecular formula is C12H16N4O. The fourth-order valence-corrected chi connectivity index (χ4v) is 1.79. The average molecular weight is 232 g/mol. The summed E-state index contributed by atoms with van der Waals surface area (Å²) in [6.07, 6.45) is 8.67. The van der Waals surface area contributed by atoms with Crippen LogP contribution in [0, 0.1) is 0 Å². The van der Waals surface area contributed by atoms with Gasteiger partial charge in [-0.2, -0.15) is 0 Å². The molecule has 0 spiro atoms. The molecule has 5 nitrogen and oxygen atoms in total. The molecule has 0 aliphatic heterocycles. The number of imidazole rings is 1. The quantitative estimate of drug-likeness (QED) is 0.800. The number of aryl methyl sites for hydroxylation is 2. The first-order chi connectivity index (χ1) is 8.27. The second-order valence-electron chi connectivity index (χ2n) is 3.81. The second kappa shape index (κ2) is 4.95. The van der Waals surface area contributed by atoms with Crippen molar-refractivity contribution >= 4 is 0 Å². The normalized spacial score (nSPS) is 10.7. The molecule has 0 N–H and O–H groups in total. The van der Waals surface area contributed by atoms with Crippen LogP contribution in [-0.2, 0) is 13.0 Å². The van der Waals surface area contributed by atoms with E-state index in [0.717, 1.165) is 18.7 Å². The highest BCUT2D eigenvalue weighted by molar-refractivity contribution is 5.21. The molecule has 17 heavy (non-hydrogen) atoms. The van der Waals surface area contributed by atoms with Crippen molar-refractivity contribution in [2.24, 2.45) is 0 Å². The molecule has 0 aliphatic carbocycles. The van der Waals surface area contributed by atoms with Crippen LogP contribution in [-0.4, -0.2) is 19.1 Å². The summed E-state index contributed by atoms with van der Waals surface area (Å²) in [5.74, 6) is 1.31. The lowest BCUT2D eigenvalue weighted by atomic mass is 10.3. The van der Waals surface area contributed by atoms with Crippen LogP contribution in [0.2, 0.25) is 0 Å². The predicted molar refractivity (Wildman–Crippen MR) is 65.3 cm³/mol. The van der Waals surface area contributed by atoms with Gasteiger partial charge in [0.05, 0.1) is 0 Å². The molecule has 90 valence electrons. The molecule has 0 aromatic carbocycles. The molecule has 0 radical (unpaired) electrons. The van der Waals surface area contributed by atoms with E-state index in [1.807, 2.05) is 6.92 Å². The van der Waals surface area contributed by atoms with Crippen LogP contribution in [0.15, 0.2) is 29.6 Å². The number of hydrogen-bond donors (Lipinski definition) is 0. The van der Waals surface area contributed by atoms with Gasteiger partial charge in [0.1, 0.15) is 5.82 Å². The van der Waals surface area contributed by atoms with Crippen LogP contribution >= 0.6 is 0 Å². The van der Waals surface area contributed by atoms with Gasteiger partial charge in [-0.25, -0.2) is 9.97 Å². The Balaban J connectivity index is 2.53. The van der Waals surface area contributed by atoms with Crippen LogP contribution in [0.3, 0.4) is 0 Å². The van der Waals surface area contributed by atoms with Crippen molar-refractivity contribution < 1.29 is 0 Å². The Bertz CT molecular complexity index is 556. The highest BCUT2D eigenvalue weighted by atomic mass is 16.1. The van der Waals surface area contributed by atoms with Gasteiger partial charge in [-0.05, 0) is 13.3 Å². The standard InChI is InChI=1S/C12H16N4O/c1-3-5-10-13-7-9-16(10)11-12(17)15(4-2)8-6-14-11/h6-9H,3-5H2,1-2H3. The molecule has 2 aromatic rings. The maximum absolute atomic E-state index is 12.1. The third-order valence-corrected chi connectivity index (χ3v) is 2.66. The van der Waals surface area contributed by atoms with Gasteiger partial charge in [0, 0.05) is 37.8 Å². The Morgan fingerprint density at radius 3 is 2.65 bits per heavy atom. The van der Waals surface area contributed by atoms with Crippen molar-refractivity contribution in [3.8, 4) is 5.82 Å². The average Bonchev–Trinajstić information content (AvgIpc) is 2.78. The van der Waals surface area contributed by atoms with Gasteiger partial charge in [-0.15, -0.1) is 0 Å². The summed E-state index contributed by atoms with van der Waals surface area (Å²) < 4.78 is 3.41. The summed E-state index contributed by atoms with van der Waals surface area (Å²) in [6.45, 7) is 4.67. The van der Waals surface area contributed by atoms with Crippen molar-refractivity contribution in [1.29, 1.82) is 0 Å². The Labute approximate surface area is 99.8 Å². The van der Waals surface area contributed by atoms with Crippen LogP contribution in [0.1, 0.15) is 26.1 Å². The molecule has 5 heteroatoms. The molecule has 2 rings (SSSR count). The van der Waals surface area contributed by atoms with E-state index in [0.29, 0.717) is 12.4 Å². The van der Waals surface area contributed by atoms with Gasteiger partial charge in [0.2, 0.25) is 5.82 Å². The fraction of sp³-hybridized carbons (Fsp3) is 0.417. The smallest absolute Gasteiger partial charge is 0.294 e. The van der Waals surface area contributed by atoms with Crippen molar-refractivity contribution in [2.75, 3.05) is 0 Å². The van der Waals surface area contributed by atoms with Crippen molar-refractivity contribution in [3.63, 3.8) is 0 Å². The topological polar surface area (TPSA) is 52.7 Å². The molecular weight excluding hydrogens is 216 g/mol. The lowest BCUT2D eigenvalue weighted by Crippen LogP contribution is -2.25. The van der Waals surface area contributed by atoms with Crippen LogP contribution in [0.4, 0.5) is 0 Å². The molecule has 0 aliphatic rings. The summed E-state index contributed by atoms with van der Waals surface area (Å²) >= 11 is 0. The summed E-state index contributed by atoms with van der Waals surface area (Å²) in [4.78, 5) is 20.5. The Morgan fingerprint density at radius 1 is 1.18 bits per heavy atom. The first-order valence-electron chi connectivity index (χ1n) is 5.86. The van der Waals surface area contributed by atoms with Crippen molar-refractivity contribution in [3.05, 3.63) is 41.0 Å². The molecule has 2 aromatic heterocycles. The van der Waals surface area contributed by atoms with Gasteiger partial charge in [-0.3, -0.25) is 9.36 Å². The number of hydrogen-bond acceptors (Lipinski definition) is 3. The zero-order valence-electron chi connectivity index (χ0n) is 10.1. The summed E-state index contributed by atoms with van der Waals surface area (Å²) in [7, 11) is 0. The van der Waals surface area contributed by atoms with E-state index >= 15 is 0 Å². The molecule has 0 saturated carbocycles. The van der Waals surface area contributed by atoms with Gasteiger partial charge >= 0.3 is 0 Å². The Morgan fingerprint density at radius 2 is 1.94 bits per heavy atom. The number of nitrogens with zero attached hydrogens (tertiary/aromatic N) is 4.